The number of fused-ring (bicyclic) bond motifs is 1. The van der Waals surface area contributed by atoms with E-state index < -0.39 is 0 Å². The van der Waals surface area contributed by atoms with Crippen LogP contribution in [0.15, 0.2) is 54.9 Å². The van der Waals surface area contributed by atoms with Crippen LogP contribution in [0.4, 0.5) is 5.82 Å². The van der Waals surface area contributed by atoms with E-state index in [-0.39, 0.29) is 0 Å². The highest BCUT2D eigenvalue weighted by Crippen LogP contribution is 2.24. The van der Waals surface area contributed by atoms with Gasteiger partial charge in [-0.15, -0.1) is 5.10 Å². The first kappa shape index (κ1) is 17.6. The molecule has 4 aromatic rings. The molecule has 0 aliphatic rings. The third kappa shape index (κ3) is 3.67. The molecule has 8 heteroatoms. The van der Waals surface area contributed by atoms with Gasteiger partial charge in [-0.25, -0.2) is 14.5 Å². The summed E-state index contributed by atoms with van der Waals surface area (Å²) in [4.78, 5) is 8.64. The number of anilines is 1. The lowest BCUT2D eigenvalue weighted by molar-refractivity contribution is 0.398. The van der Waals surface area contributed by atoms with E-state index in [9.17, 15) is 0 Å². The zero-order valence-corrected chi connectivity index (χ0v) is 15.9. The topological polar surface area (TPSA) is 64.3 Å². The van der Waals surface area contributed by atoms with Crippen molar-refractivity contribution in [3.63, 3.8) is 0 Å². The third-order valence-corrected chi connectivity index (χ3v) is 4.80. The molecule has 0 saturated carbocycles. The molecular formula is C19H15Cl2N5O. The van der Waals surface area contributed by atoms with E-state index in [1.807, 2.05) is 30.3 Å². The highest BCUT2D eigenvalue weighted by atomic mass is 35.5. The summed E-state index contributed by atoms with van der Waals surface area (Å²) in [7, 11) is 1.59. The van der Waals surface area contributed by atoms with Crippen LogP contribution < -0.4 is 10.1 Å². The molecule has 0 atom stereocenters. The monoisotopic (exact) mass is 399 g/mol. The highest BCUT2D eigenvalue weighted by Gasteiger charge is 2.09. The van der Waals surface area contributed by atoms with Crippen molar-refractivity contribution < 1.29 is 4.74 Å². The lowest BCUT2D eigenvalue weighted by Crippen LogP contribution is -2.04. The van der Waals surface area contributed by atoms with Gasteiger partial charge in [0.1, 0.15) is 5.82 Å². The largest absolute Gasteiger partial charge is 0.481 e. The van der Waals surface area contributed by atoms with Gasteiger partial charge in [0, 0.05) is 24.4 Å². The Labute approximate surface area is 165 Å². The van der Waals surface area contributed by atoms with E-state index in [4.69, 9.17) is 27.9 Å². The zero-order valence-electron chi connectivity index (χ0n) is 14.4. The van der Waals surface area contributed by atoms with E-state index in [0.29, 0.717) is 28.3 Å². The van der Waals surface area contributed by atoms with Gasteiger partial charge in [0.05, 0.1) is 29.0 Å². The van der Waals surface area contributed by atoms with Gasteiger partial charge in [-0.2, -0.15) is 0 Å². The van der Waals surface area contributed by atoms with E-state index >= 15 is 0 Å². The highest BCUT2D eigenvalue weighted by molar-refractivity contribution is 6.42. The normalized spacial score (nSPS) is 10.9. The summed E-state index contributed by atoms with van der Waals surface area (Å²) < 4.78 is 6.88. The number of pyridine rings is 1. The summed E-state index contributed by atoms with van der Waals surface area (Å²) in [6, 6.07) is 13.1. The number of halogens is 2. The molecule has 3 aromatic heterocycles. The Morgan fingerprint density at radius 2 is 1.89 bits per heavy atom. The van der Waals surface area contributed by atoms with Gasteiger partial charge in [0.15, 0.2) is 5.65 Å². The molecule has 0 bridgehead atoms. The Balaban J connectivity index is 1.60. The van der Waals surface area contributed by atoms with Crippen molar-refractivity contribution in [3.8, 4) is 17.1 Å². The van der Waals surface area contributed by atoms with Gasteiger partial charge in [-0.3, -0.25) is 0 Å². The quantitative estimate of drug-likeness (QED) is 0.525. The molecule has 3 heterocycles. The van der Waals surface area contributed by atoms with Gasteiger partial charge in [0.25, 0.3) is 0 Å². The van der Waals surface area contributed by atoms with Crippen molar-refractivity contribution in [2.75, 3.05) is 12.4 Å². The number of nitrogens with one attached hydrogen (secondary N) is 1. The van der Waals surface area contributed by atoms with Gasteiger partial charge in [-0.1, -0.05) is 29.3 Å². The molecule has 0 aliphatic heterocycles. The summed E-state index contributed by atoms with van der Waals surface area (Å²) in [5.41, 5.74) is 3.51. The van der Waals surface area contributed by atoms with Crippen LogP contribution in [0.1, 0.15) is 5.56 Å². The van der Waals surface area contributed by atoms with Crippen LogP contribution >= 0.6 is 23.2 Å². The van der Waals surface area contributed by atoms with E-state index in [2.05, 4.69) is 20.4 Å². The Kier molecular flexibility index (Phi) is 4.83. The second-order valence-corrected chi connectivity index (χ2v) is 6.64. The fourth-order valence-electron chi connectivity index (χ4n) is 2.66. The Morgan fingerprint density at radius 3 is 2.63 bits per heavy atom. The molecule has 0 aliphatic carbocycles. The number of rotatable bonds is 5. The molecule has 1 N–H and O–H groups in total. The molecule has 6 nitrogen and oxygen atoms in total. The second-order valence-electron chi connectivity index (χ2n) is 5.82. The van der Waals surface area contributed by atoms with Crippen molar-refractivity contribution in [3.05, 3.63) is 70.5 Å². The van der Waals surface area contributed by atoms with Crippen molar-refractivity contribution >= 4 is 34.7 Å². The molecule has 0 unspecified atom stereocenters. The molecule has 0 amide bonds. The molecule has 27 heavy (non-hydrogen) atoms. The Bertz CT molecular complexity index is 1100. The van der Waals surface area contributed by atoms with E-state index in [0.717, 1.165) is 22.5 Å². The molecule has 4 rings (SSSR count). The summed E-state index contributed by atoms with van der Waals surface area (Å²) in [6.45, 7) is 0.573. The van der Waals surface area contributed by atoms with Crippen molar-refractivity contribution in [1.29, 1.82) is 0 Å². The summed E-state index contributed by atoms with van der Waals surface area (Å²) >= 11 is 12.0. The number of ether oxygens (including phenoxy) is 1. The second kappa shape index (κ2) is 7.42. The first-order chi connectivity index (χ1) is 13.1. The van der Waals surface area contributed by atoms with Gasteiger partial charge >= 0.3 is 0 Å². The van der Waals surface area contributed by atoms with Crippen LogP contribution in [0.2, 0.25) is 10.0 Å². The fraction of sp³-hybridized carbons (Fsp3) is 0.105. The molecule has 1 aromatic carbocycles. The SMILES string of the molecule is COc1ccc(-c2cnc3ccc(NCc4ccc(Cl)c(Cl)c4)nn23)cn1. The smallest absolute Gasteiger partial charge is 0.212 e. The minimum atomic E-state index is 0.531. The molecule has 0 radical (unpaired) electrons. The molecule has 136 valence electrons. The predicted octanol–water partition coefficient (Wildman–Crippen LogP) is 4.72. The number of hydrogen-bond donors (Lipinski definition) is 1. The fourth-order valence-corrected chi connectivity index (χ4v) is 2.98. The van der Waals surface area contributed by atoms with E-state index in [1.165, 1.54) is 0 Å². The number of methoxy groups -OCH3 is 1. The summed E-state index contributed by atoms with van der Waals surface area (Å²) in [5.74, 6) is 1.28. The first-order valence-electron chi connectivity index (χ1n) is 8.17. The van der Waals surface area contributed by atoms with Crippen LogP contribution in [-0.2, 0) is 6.54 Å². The molecule has 0 saturated heterocycles. The number of benzene rings is 1. The van der Waals surface area contributed by atoms with E-state index in [1.54, 1.807) is 36.2 Å². The number of aromatic nitrogens is 4. The molecule has 0 spiro atoms. The Morgan fingerprint density at radius 1 is 1.00 bits per heavy atom. The average molecular weight is 400 g/mol. The maximum atomic E-state index is 6.07. The zero-order chi connectivity index (χ0) is 18.8. The van der Waals surface area contributed by atoms with Gasteiger partial charge < -0.3 is 10.1 Å². The average Bonchev–Trinajstić information content (AvgIpc) is 3.12. The summed E-state index contributed by atoms with van der Waals surface area (Å²) in [5, 5.41) is 8.99. The van der Waals surface area contributed by atoms with Gasteiger partial charge in [0.2, 0.25) is 5.88 Å². The predicted molar refractivity (Wildman–Crippen MR) is 107 cm³/mol. The lowest BCUT2D eigenvalue weighted by atomic mass is 10.2. The van der Waals surface area contributed by atoms with Crippen LogP contribution in [0.5, 0.6) is 5.88 Å². The van der Waals surface area contributed by atoms with Crippen molar-refractivity contribution in [2.45, 2.75) is 6.54 Å². The lowest BCUT2D eigenvalue weighted by Gasteiger charge is -2.08. The van der Waals surface area contributed by atoms with Crippen LogP contribution in [0, 0.1) is 0 Å². The molecule has 0 fully saturated rings. The third-order valence-electron chi connectivity index (χ3n) is 4.06. The molecular weight excluding hydrogens is 385 g/mol. The van der Waals surface area contributed by atoms with Crippen LogP contribution in [0.25, 0.3) is 16.9 Å². The minimum absolute atomic E-state index is 0.531. The Hall–Kier alpha value is -2.83. The first-order valence-corrected chi connectivity index (χ1v) is 8.92. The maximum absolute atomic E-state index is 6.07. The maximum Gasteiger partial charge on any atom is 0.212 e. The van der Waals surface area contributed by atoms with Gasteiger partial charge in [-0.05, 0) is 35.9 Å². The minimum Gasteiger partial charge on any atom is -0.481 e. The van der Waals surface area contributed by atoms with Crippen molar-refractivity contribution in [2.24, 2.45) is 0 Å². The standard InChI is InChI=1S/C19H15Cl2N5O/c1-27-19-7-3-13(10-24-19)16-11-23-18-6-5-17(25-26(16)18)22-9-12-2-4-14(20)15(21)8-12/h2-8,10-11H,9H2,1H3,(H,22,25). The van der Waals surface area contributed by atoms with Crippen LogP contribution in [-0.4, -0.2) is 26.7 Å². The van der Waals surface area contributed by atoms with Crippen LogP contribution in [0.3, 0.4) is 0 Å². The number of imidazole rings is 1. The number of nitrogens with zero attached hydrogens (tertiary/aromatic N) is 4. The number of hydrogen-bond acceptors (Lipinski definition) is 5. The summed E-state index contributed by atoms with van der Waals surface area (Å²) in [6.07, 6.45) is 3.51. The van der Waals surface area contributed by atoms with Crippen molar-refractivity contribution in [1.82, 2.24) is 19.6 Å².